The Morgan fingerprint density at radius 3 is 2.82 bits per heavy atom. The van der Waals surface area contributed by atoms with Crippen molar-refractivity contribution in [3.05, 3.63) is 80.9 Å². The molecule has 0 radical (unpaired) electrons. The maximum absolute atomic E-state index is 14.0. The van der Waals surface area contributed by atoms with Crippen LogP contribution in [-0.2, 0) is 25.7 Å². The maximum atomic E-state index is 14.0. The molecule has 5 N–H and O–H groups in total. The van der Waals surface area contributed by atoms with Crippen LogP contribution in [0.15, 0.2) is 36.4 Å². The summed E-state index contributed by atoms with van der Waals surface area (Å²) in [6, 6.07) is 8.84. The number of halogens is 4. The summed E-state index contributed by atoms with van der Waals surface area (Å²) >= 11 is 5.96. The predicted octanol–water partition coefficient (Wildman–Crippen LogP) is 4.43. The molecule has 2 aromatic heterocycles. The van der Waals surface area contributed by atoms with Gasteiger partial charge in [-0.3, -0.25) is 9.89 Å². The standard InChI is InChI=1S/C23H20ClF3N6O/c24-12-2-5-16-18(8-12)31-20(30-16)10-29-22(34)11-1-3-13(15(7-11)23(25,26)27)14-4-6-17-21(14)19(9-28)33-32-17/h1-3,5,7-8,14H,4,6,9-10,28H2,(H,29,34)(H,30,31)(H,32,33). The van der Waals surface area contributed by atoms with Gasteiger partial charge in [-0.15, -0.1) is 0 Å². The molecule has 0 bridgehead atoms. The van der Waals surface area contributed by atoms with Gasteiger partial charge in [-0.05, 0) is 48.7 Å². The van der Waals surface area contributed by atoms with Crippen molar-refractivity contribution in [1.82, 2.24) is 25.5 Å². The van der Waals surface area contributed by atoms with Gasteiger partial charge >= 0.3 is 6.18 Å². The number of hydrogen-bond acceptors (Lipinski definition) is 4. The molecule has 0 aliphatic heterocycles. The number of carbonyl (C=O) groups excluding carboxylic acids is 1. The average Bonchev–Trinajstić information content (AvgIpc) is 3.50. The lowest BCUT2D eigenvalue weighted by Crippen LogP contribution is -2.24. The minimum atomic E-state index is -4.63. The van der Waals surface area contributed by atoms with Crippen LogP contribution in [0.3, 0.4) is 0 Å². The van der Waals surface area contributed by atoms with Crippen molar-refractivity contribution in [2.24, 2.45) is 5.73 Å². The monoisotopic (exact) mass is 488 g/mol. The van der Waals surface area contributed by atoms with Crippen LogP contribution in [0, 0.1) is 0 Å². The number of rotatable bonds is 5. The fraction of sp³-hybridized carbons (Fsp3) is 0.261. The molecule has 0 spiro atoms. The first kappa shape index (κ1) is 22.4. The Balaban J connectivity index is 1.40. The molecule has 1 atom stereocenters. The van der Waals surface area contributed by atoms with Gasteiger partial charge in [0.05, 0.1) is 28.8 Å². The van der Waals surface area contributed by atoms with Gasteiger partial charge in [0.1, 0.15) is 5.82 Å². The number of nitrogens with zero attached hydrogens (tertiary/aromatic N) is 2. The number of alkyl halides is 3. The molecule has 2 aromatic carbocycles. The van der Waals surface area contributed by atoms with Gasteiger partial charge in [0.15, 0.2) is 0 Å². The van der Waals surface area contributed by atoms with Crippen molar-refractivity contribution in [3.8, 4) is 0 Å². The lowest BCUT2D eigenvalue weighted by molar-refractivity contribution is -0.138. The first-order chi connectivity index (χ1) is 16.2. The number of amides is 1. The number of carbonyl (C=O) groups is 1. The van der Waals surface area contributed by atoms with Crippen molar-refractivity contribution in [2.75, 3.05) is 0 Å². The smallest absolute Gasteiger partial charge is 0.345 e. The summed E-state index contributed by atoms with van der Waals surface area (Å²) in [7, 11) is 0. The van der Waals surface area contributed by atoms with Crippen molar-refractivity contribution in [1.29, 1.82) is 0 Å². The third-order valence-electron chi connectivity index (χ3n) is 6.09. The molecule has 1 aliphatic carbocycles. The minimum Gasteiger partial charge on any atom is -0.345 e. The zero-order chi connectivity index (χ0) is 24.0. The van der Waals surface area contributed by atoms with Crippen LogP contribution in [0.25, 0.3) is 11.0 Å². The van der Waals surface area contributed by atoms with Crippen LogP contribution >= 0.6 is 11.6 Å². The molecule has 1 unspecified atom stereocenters. The first-order valence-electron chi connectivity index (χ1n) is 10.6. The van der Waals surface area contributed by atoms with Gasteiger partial charge in [-0.2, -0.15) is 18.3 Å². The zero-order valence-corrected chi connectivity index (χ0v) is 18.5. The van der Waals surface area contributed by atoms with Gasteiger partial charge in [0.25, 0.3) is 5.91 Å². The van der Waals surface area contributed by atoms with E-state index in [1.165, 1.54) is 12.1 Å². The number of nitrogens with one attached hydrogen (secondary N) is 3. The highest BCUT2D eigenvalue weighted by molar-refractivity contribution is 6.31. The normalized spacial score (nSPS) is 15.6. The van der Waals surface area contributed by atoms with E-state index in [-0.39, 0.29) is 24.2 Å². The van der Waals surface area contributed by atoms with Crippen LogP contribution < -0.4 is 11.1 Å². The Morgan fingerprint density at radius 1 is 1.24 bits per heavy atom. The van der Waals surface area contributed by atoms with E-state index in [4.69, 9.17) is 17.3 Å². The zero-order valence-electron chi connectivity index (χ0n) is 17.8. The van der Waals surface area contributed by atoms with Gasteiger partial charge in [0, 0.05) is 34.3 Å². The topological polar surface area (TPSA) is 112 Å². The molecule has 11 heteroatoms. The summed E-state index contributed by atoms with van der Waals surface area (Å²) in [4.78, 5) is 20.1. The van der Waals surface area contributed by atoms with Crippen molar-refractivity contribution in [3.63, 3.8) is 0 Å². The summed E-state index contributed by atoms with van der Waals surface area (Å²) in [5, 5.41) is 10.2. The molecular weight excluding hydrogens is 469 g/mol. The number of aryl methyl sites for hydroxylation is 1. The van der Waals surface area contributed by atoms with Crippen LogP contribution in [0.1, 0.15) is 56.6 Å². The lowest BCUT2D eigenvalue weighted by Gasteiger charge is -2.20. The molecule has 176 valence electrons. The Labute approximate surface area is 196 Å². The summed E-state index contributed by atoms with van der Waals surface area (Å²) in [6.45, 7) is 0.160. The van der Waals surface area contributed by atoms with Crippen LogP contribution in [-0.4, -0.2) is 26.1 Å². The highest BCUT2D eigenvalue weighted by Crippen LogP contribution is 2.44. The second-order valence-electron chi connectivity index (χ2n) is 8.19. The lowest BCUT2D eigenvalue weighted by atomic mass is 9.87. The summed E-state index contributed by atoms with van der Waals surface area (Å²) in [5.74, 6) is -0.650. The third-order valence-corrected chi connectivity index (χ3v) is 6.33. The molecule has 5 rings (SSSR count). The number of hydrogen-bond donors (Lipinski definition) is 4. The summed E-state index contributed by atoms with van der Waals surface area (Å²) < 4.78 is 42.1. The van der Waals surface area contributed by atoms with Crippen LogP contribution in [0.2, 0.25) is 5.02 Å². The summed E-state index contributed by atoms with van der Waals surface area (Å²) in [6.07, 6.45) is -3.52. The second-order valence-corrected chi connectivity index (χ2v) is 8.62. The molecule has 1 aliphatic rings. The largest absolute Gasteiger partial charge is 0.416 e. The Bertz CT molecular complexity index is 1390. The molecule has 34 heavy (non-hydrogen) atoms. The molecule has 0 saturated carbocycles. The fourth-order valence-electron chi connectivity index (χ4n) is 4.56. The Morgan fingerprint density at radius 2 is 2.06 bits per heavy atom. The molecule has 0 fully saturated rings. The SMILES string of the molecule is NCc1n[nH]c2c1C(c1ccc(C(=O)NCc3nc4ccc(Cl)cc4[nH]3)cc1C(F)(F)F)CC2. The Kier molecular flexibility index (Phi) is 5.57. The van der Waals surface area contributed by atoms with E-state index < -0.39 is 23.6 Å². The van der Waals surface area contributed by atoms with E-state index >= 15 is 0 Å². The van der Waals surface area contributed by atoms with Crippen LogP contribution in [0.4, 0.5) is 13.2 Å². The van der Waals surface area contributed by atoms with E-state index in [0.717, 1.165) is 17.3 Å². The van der Waals surface area contributed by atoms with Crippen molar-refractivity contribution in [2.45, 2.75) is 38.0 Å². The highest BCUT2D eigenvalue weighted by Gasteiger charge is 2.39. The first-order valence-corrected chi connectivity index (χ1v) is 11.0. The van der Waals surface area contributed by atoms with Crippen molar-refractivity contribution < 1.29 is 18.0 Å². The predicted molar refractivity (Wildman–Crippen MR) is 120 cm³/mol. The van der Waals surface area contributed by atoms with Crippen molar-refractivity contribution >= 4 is 28.5 Å². The number of benzene rings is 2. The fourth-order valence-corrected chi connectivity index (χ4v) is 4.73. The number of imidazole rings is 1. The van der Waals surface area contributed by atoms with E-state index in [2.05, 4.69) is 25.5 Å². The number of aromatic amines is 2. The number of fused-ring (bicyclic) bond motifs is 2. The van der Waals surface area contributed by atoms with E-state index in [9.17, 15) is 18.0 Å². The number of aromatic nitrogens is 4. The van der Waals surface area contributed by atoms with E-state index in [1.807, 2.05) is 0 Å². The minimum absolute atomic E-state index is 0.0229. The molecular formula is C23H20ClF3N6O. The second kappa shape index (κ2) is 8.44. The van der Waals surface area contributed by atoms with Gasteiger partial charge in [-0.25, -0.2) is 4.98 Å². The van der Waals surface area contributed by atoms with Gasteiger partial charge in [0.2, 0.25) is 0 Å². The number of nitrogens with two attached hydrogens (primary N) is 1. The van der Waals surface area contributed by atoms with Gasteiger partial charge < -0.3 is 16.0 Å². The molecule has 2 heterocycles. The quantitative estimate of drug-likeness (QED) is 0.333. The maximum Gasteiger partial charge on any atom is 0.416 e. The van der Waals surface area contributed by atoms with E-state index in [0.29, 0.717) is 40.4 Å². The molecule has 0 saturated heterocycles. The Hall–Kier alpha value is -3.37. The molecule has 4 aromatic rings. The average molecular weight is 489 g/mol. The number of H-pyrrole nitrogens is 2. The van der Waals surface area contributed by atoms with E-state index in [1.54, 1.807) is 18.2 Å². The highest BCUT2D eigenvalue weighted by atomic mass is 35.5. The third kappa shape index (κ3) is 4.03. The molecule has 7 nitrogen and oxygen atoms in total. The molecule has 1 amide bonds. The van der Waals surface area contributed by atoms with Crippen LogP contribution in [0.5, 0.6) is 0 Å². The van der Waals surface area contributed by atoms with Gasteiger partial charge in [-0.1, -0.05) is 17.7 Å². The summed E-state index contributed by atoms with van der Waals surface area (Å²) in [5.41, 5.74) is 8.42.